The van der Waals surface area contributed by atoms with Gasteiger partial charge < -0.3 is 10.2 Å². The van der Waals surface area contributed by atoms with Gasteiger partial charge in [-0.2, -0.15) is 0 Å². The first-order chi connectivity index (χ1) is 11.5. The van der Waals surface area contributed by atoms with E-state index in [0.717, 1.165) is 22.2 Å². The number of rotatable bonds is 0. The Balaban J connectivity index is 0.000000173. The second kappa shape index (κ2) is 7.97. The minimum atomic E-state index is 0. The summed E-state index contributed by atoms with van der Waals surface area (Å²) in [5, 5.41) is 20.8. The molecule has 129 valence electrons. The van der Waals surface area contributed by atoms with Crippen LogP contribution in [0.4, 0.5) is 0 Å². The smallest absolute Gasteiger partial charge is 0.506 e. The molecule has 0 atom stereocenters. The summed E-state index contributed by atoms with van der Waals surface area (Å²) in [5.74, 6) is 0.493. The van der Waals surface area contributed by atoms with Gasteiger partial charge in [0.1, 0.15) is 22.5 Å². The van der Waals surface area contributed by atoms with Gasteiger partial charge in [-0.05, 0) is 38.1 Å². The molecule has 1 radical (unpaired) electrons. The van der Waals surface area contributed by atoms with Gasteiger partial charge in [-0.25, -0.2) is 9.97 Å². The van der Waals surface area contributed by atoms with Gasteiger partial charge in [0, 0.05) is 22.2 Å². The average molecular weight is 382 g/mol. The number of para-hydroxylation sites is 2. The molecule has 4 aromatic rings. The molecule has 0 aliphatic carbocycles. The van der Waals surface area contributed by atoms with Gasteiger partial charge in [0.15, 0.2) is 0 Å². The largest absolute Gasteiger partial charge is 2.00 e. The van der Waals surface area contributed by atoms with Crippen molar-refractivity contribution in [1.29, 1.82) is 0 Å². The van der Waals surface area contributed by atoms with E-state index in [9.17, 15) is 10.2 Å². The first-order valence-corrected chi connectivity index (χ1v) is 7.65. The van der Waals surface area contributed by atoms with Gasteiger partial charge in [-0.15, -0.1) is 0 Å². The predicted molar refractivity (Wildman–Crippen MR) is 96.3 cm³/mol. The van der Waals surface area contributed by atoms with Crippen LogP contribution in [0.2, 0.25) is 0 Å². The molecule has 0 saturated carbocycles. The summed E-state index contributed by atoms with van der Waals surface area (Å²) in [6, 6.07) is 18.6. The number of benzene rings is 2. The summed E-state index contributed by atoms with van der Waals surface area (Å²) in [6.07, 6.45) is 0. The summed E-state index contributed by atoms with van der Waals surface area (Å²) in [4.78, 5) is 8.45. The van der Waals surface area contributed by atoms with E-state index in [2.05, 4.69) is 9.97 Å². The third-order valence-electron chi connectivity index (χ3n) is 3.68. The van der Waals surface area contributed by atoms with Crippen LogP contribution in [0.3, 0.4) is 0 Å². The molecule has 0 bridgehead atoms. The number of aromatic nitrogens is 2. The number of fused-ring (bicyclic) bond motifs is 2. The van der Waals surface area contributed by atoms with Crippen molar-refractivity contribution >= 4 is 21.8 Å². The zero-order valence-corrected chi connectivity index (χ0v) is 14.8. The van der Waals surface area contributed by atoms with Crippen molar-refractivity contribution in [2.45, 2.75) is 13.8 Å². The van der Waals surface area contributed by atoms with Crippen LogP contribution in [0.5, 0.6) is 11.5 Å². The van der Waals surface area contributed by atoms with E-state index in [-0.39, 0.29) is 28.6 Å². The van der Waals surface area contributed by atoms with Crippen LogP contribution in [0.15, 0.2) is 60.7 Å². The summed E-state index contributed by atoms with van der Waals surface area (Å²) >= 11 is 0. The normalized spacial score (nSPS) is 10.0. The summed E-state index contributed by atoms with van der Waals surface area (Å²) < 4.78 is 0. The third-order valence-corrected chi connectivity index (χ3v) is 3.68. The molecule has 0 amide bonds. The molecule has 25 heavy (non-hydrogen) atoms. The van der Waals surface area contributed by atoms with Crippen molar-refractivity contribution in [3.8, 4) is 11.5 Å². The minimum Gasteiger partial charge on any atom is -0.506 e. The number of pyridine rings is 2. The SMILES string of the molecule is Cc1ccc2cccc(O)c2n1.Cc1ccc2cccc(O)c2n1.[Cu+2]. The van der Waals surface area contributed by atoms with E-state index in [0.29, 0.717) is 11.0 Å². The number of phenols is 2. The molecule has 2 N–H and O–H groups in total. The Labute approximate surface area is 156 Å². The average Bonchev–Trinajstić information content (AvgIpc) is 2.57. The molecule has 2 heterocycles. The quantitative estimate of drug-likeness (QED) is 0.440. The molecule has 0 aliphatic rings. The van der Waals surface area contributed by atoms with Crippen molar-refractivity contribution in [3.05, 3.63) is 72.1 Å². The topological polar surface area (TPSA) is 66.2 Å². The van der Waals surface area contributed by atoms with Gasteiger partial charge in [-0.1, -0.05) is 36.4 Å². The molecule has 2 aromatic heterocycles. The number of phenolic OH excluding ortho intramolecular Hbond substituents is 2. The number of aromatic hydroxyl groups is 2. The maximum absolute atomic E-state index is 9.43. The summed E-state index contributed by atoms with van der Waals surface area (Å²) in [6.45, 7) is 3.82. The minimum absolute atomic E-state index is 0. The Hall–Kier alpha value is -2.62. The second-order valence-electron chi connectivity index (χ2n) is 5.60. The molecule has 0 fully saturated rings. The number of hydrogen-bond donors (Lipinski definition) is 2. The van der Waals surface area contributed by atoms with E-state index in [1.807, 2.05) is 62.4 Å². The molecular weight excluding hydrogens is 364 g/mol. The van der Waals surface area contributed by atoms with Crippen LogP contribution >= 0.6 is 0 Å². The molecule has 5 heteroatoms. The molecule has 4 rings (SSSR count). The second-order valence-corrected chi connectivity index (χ2v) is 5.60. The van der Waals surface area contributed by atoms with Gasteiger partial charge in [-0.3, -0.25) is 0 Å². The molecule has 0 spiro atoms. The fourth-order valence-corrected chi connectivity index (χ4v) is 2.46. The third kappa shape index (κ3) is 4.27. The fraction of sp³-hybridized carbons (Fsp3) is 0.100. The van der Waals surface area contributed by atoms with E-state index < -0.39 is 0 Å². The Morgan fingerprint density at radius 2 is 1.00 bits per heavy atom. The zero-order valence-electron chi connectivity index (χ0n) is 13.9. The van der Waals surface area contributed by atoms with Crippen LogP contribution in [-0.2, 0) is 17.1 Å². The predicted octanol–water partition coefficient (Wildman–Crippen LogP) is 4.50. The van der Waals surface area contributed by atoms with Crippen molar-refractivity contribution < 1.29 is 27.3 Å². The molecule has 0 aliphatic heterocycles. The standard InChI is InChI=1S/2C10H9NO.Cu/c2*1-7-5-6-8-3-2-4-9(12)10(8)11-7;/h2*2-6,12H,1H3;/q;;+2. The number of aryl methyl sites for hydroxylation is 2. The van der Waals surface area contributed by atoms with Crippen LogP contribution in [0, 0.1) is 13.8 Å². The fourth-order valence-electron chi connectivity index (χ4n) is 2.46. The molecule has 4 nitrogen and oxygen atoms in total. The molecule has 2 aromatic carbocycles. The Bertz CT molecular complexity index is 936. The maximum atomic E-state index is 9.43. The van der Waals surface area contributed by atoms with Crippen LogP contribution in [-0.4, -0.2) is 20.2 Å². The van der Waals surface area contributed by atoms with Crippen molar-refractivity contribution in [1.82, 2.24) is 9.97 Å². The molecule has 0 unspecified atom stereocenters. The van der Waals surface area contributed by atoms with E-state index in [1.54, 1.807) is 12.1 Å². The van der Waals surface area contributed by atoms with Crippen molar-refractivity contribution in [3.63, 3.8) is 0 Å². The van der Waals surface area contributed by atoms with Gasteiger partial charge in [0.05, 0.1) is 0 Å². The van der Waals surface area contributed by atoms with Gasteiger partial charge >= 0.3 is 17.1 Å². The Morgan fingerprint density at radius 1 is 0.600 bits per heavy atom. The van der Waals surface area contributed by atoms with Crippen molar-refractivity contribution in [2.24, 2.45) is 0 Å². The van der Waals surface area contributed by atoms with E-state index in [4.69, 9.17) is 0 Å². The Kier molecular flexibility index (Phi) is 5.97. The summed E-state index contributed by atoms with van der Waals surface area (Å²) in [5.41, 5.74) is 3.20. The van der Waals surface area contributed by atoms with Crippen LogP contribution < -0.4 is 0 Å². The number of nitrogens with zero attached hydrogens (tertiary/aromatic N) is 2. The first kappa shape index (κ1) is 18.7. The van der Waals surface area contributed by atoms with Crippen LogP contribution in [0.25, 0.3) is 21.8 Å². The van der Waals surface area contributed by atoms with Crippen LogP contribution in [0.1, 0.15) is 11.4 Å². The summed E-state index contributed by atoms with van der Waals surface area (Å²) in [7, 11) is 0. The maximum Gasteiger partial charge on any atom is 2.00 e. The molecular formula is C20H18CuN2O2+2. The number of hydrogen-bond acceptors (Lipinski definition) is 4. The van der Waals surface area contributed by atoms with E-state index in [1.165, 1.54) is 0 Å². The first-order valence-electron chi connectivity index (χ1n) is 7.65. The monoisotopic (exact) mass is 381 g/mol. The van der Waals surface area contributed by atoms with Crippen molar-refractivity contribution in [2.75, 3.05) is 0 Å². The van der Waals surface area contributed by atoms with Gasteiger partial charge in [0.25, 0.3) is 0 Å². The zero-order chi connectivity index (χ0) is 17.1. The van der Waals surface area contributed by atoms with Gasteiger partial charge in [0.2, 0.25) is 0 Å². The van der Waals surface area contributed by atoms with E-state index >= 15 is 0 Å². The molecule has 0 saturated heterocycles. The Morgan fingerprint density at radius 3 is 1.40 bits per heavy atom.